The third-order valence-electron chi connectivity index (χ3n) is 7.96. The fourth-order valence-electron chi connectivity index (χ4n) is 5.05. The van der Waals surface area contributed by atoms with Gasteiger partial charge in [-0.3, -0.25) is 0 Å². The first-order valence-corrected chi connectivity index (χ1v) is 16.6. The number of aromatic nitrogens is 2. The van der Waals surface area contributed by atoms with E-state index < -0.39 is 5.41 Å². The van der Waals surface area contributed by atoms with Crippen LogP contribution in [-0.2, 0) is 13.1 Å². The lowest BCUT2D eigenvalue weighted by molar-refractivity contribution is -0.697. The van der Waals surface area contributed by atoms with Crippen LogP contribution in [0.5, 0.6) is 11.5 Å². The molecule has 0 spiro atoms. The van der Waals surface area contributed by atoms with E-state index in [1.165, 1.54) is 89.9 Å². The topological polar surface area (TPSA) is 66.7 Å². The summed E-state index contributed by atoms with van der Waals surface area (Å²) in [5.41, 5.74) is -0.892. The summed E-state index contributed by atoms with van der Waals surface area (Å²) >= 11 is 0. The number of halogens is 2. The van der Waals surface area contributed by atoms with Gasteiger partial charge in [0.05, 0.1) is 18.6 Å². The molecule has 43 heavy (non-hydrogen) atoms. The molecular formula is C35H60Br2N2O4. The van der Waals surface area contributed by atoms with Crippen LogP contribution in [0.1, 0.15) is 117 Å². The summed E-state index contributed by atoms with van der Waals surface area (Å²) in [4.78, 5) is 0. The Balaban J connectivity index is 0.00000882. The second-order valence-corrected chi connectivity index (χ2v) is 11.9. The van der Waals surface area contributed by atoms with Crippen molar-refractivity contribution in [3.05, 3.63) is 49.1 Å². The zero-order valence-electron chi connectivity index (χ0n) is 27.0. The molecule has 248 valence electrons. The van der Waals surface area contributed by atoms with E-state index in [9.17, 15) is 10.2 Å². The van der Waals surface area contributed by atoms with E-state index in [0.717, 1.165) is 37.4 Å². The number of hydrogen-bond donors (Lipinski definition) is 2. The lowest BCUT2D eigenvalue weighted by Crippen LogP contribution is -3.00. The summed E-state index contributed by atoms with van der Waals surface area (Å²) in [5.74, 6) is 1.47. The van der Waals surface area contributed by atoms with Crippen molar-refractivity contribution in [2.45, 2.75) is 130 Å². The molecule has 8 heteroatoms. The van der Waals surface area contributed by atoms with Crippen molar-refractivity contribution < 1.29 is 62.8 Å². The third kappa shape index (κ3) is 19.0. The molecule has 0 aromatic carbocycles. The Morgan fingerprint density at radius 3 is 1.26 bits per heavy atom. The summed E-state index contributed by atoms with van der Waals surface area (Å²) < 4.78 is 16.5. The Morgan fingerprint density at radius 1 is 0.558 bits per heavy atom. The number of unbranched alkanes of at least 4 members (excludes halogenated alkanes) is 14. The van der Waals surface area contributed by atoms with Gasteiger partial charge in [0.2, 0.25) is 12.4 Å². The molecule has 0 unspecified atom stereocenters. The Hall–Kier alpha value is -1.22. The van der Waals surface area contributed by atoms with Gasteiger partial charge >= 0.3 is 0 Å². The largest absolute Gasteiger partial charge is 1.00 e. The summed E-state index contributed by atoms with van der Waals surface area (Å²) in [6.07, 6.45) is 29.0. The molecule has 2 aromatic heterocycles. The van der Waals surface area contributed by atoms with Gasteiger partial charge in [-0.1, -0.05) is 90.9 Å². The van der Waals surface area contributed by atoms with Crippen LogP contribution < -0.4 is 52.6 Å². The number of aliphatic hydroxyl groups excluding tert-OH is 2. The summed E-state index contributed by atoms with van der Waals surface area (Å²) in [6.45, 7) is 6.35. The molecule has 0 aliphatic carbocycles. The number of aliphatic hydroxyl groups is 2. The predicted molar refractivity (Wildman–Crippen MR) is 166 cm³/mol. The zero-order valence-corrected chi connectivity index (χ0v) is 30.2. The molecular weight excluding hydrogens is 672 g/mol. The van der Waals surface area contributed by atoms with Crippen LogP contribution >= 0.6 is 0 Å². The molecule has 0 radical (unpaired) electrons. The van der Waals surface area contributed by atoms with Crippen LogP contribution in [-0.4, -0.2) is 36.6 Å². The van der Waals surface area contributed by atoms with Gasteiger partial charge in [-0.2, -0.15) is 0 Å². The highest BCUT2D eigenvalue weighted by Crippen LogP contribution is 2.21. The van der Waals surface area contributed by atoms with E-state index in [2.05, 4.69) is 35.4 Å². The van der Waals surface area contributed by atoms with Crippen molar-refractivity contribution in [3.63, 3.8) is 0 Å². The maximum absolute atomic E-state index is 10.2. The van der Waals surface area contributed by atoms with E-state index in [1.54, 1.807) is 0 Å². The van der Waals surface area contributed by atoms with E-state index in [1.807, 2.05) is 36.7 Å². The fourth-order valence-corrected chi connectivity index (χ4v) is 5.05. The standard InChI is InChI=1S/C35H60N2O4.2BrH/c1-3-5-7-9-11-13-15-17-23-36-25-19-21-33(27-36)40-31-35(29-38,30-39)32-41-34-22-20-26-37(28-34)24-18-16-14-12-10-8-6-4-2;;/h19-22,25-28,38-39H,3-18,23-24,29-32H2,1-2H3;2*1H/q+2;;/p-2. The smallest absolute Gasteiger partial charge is 0.211 e. The Kier molecular flexibility index (Phi) is 26.4. The quantitative estimate of drug-likeness (QED) is 0.112. The number of ether oxygens (including phenoxy) is 2. The number of nitrogens with zero attached hydrogens (tertiary/aromatic N) is 2. The molecule has 0 saturated heterocycles. The van der Waals surface area contributed by atoms with Crippen molar-refractivity contribution in [2.75, 3.05) is 26.4 Å². The maximum atomic E-state index is 10.2. The van der Waals surface area contributed by atoms with Gasteiger partial charge in [0, 0.05) is 25.0 Å². The van der Waals surface area contributed by atoms with Gasteiger partial charge in [-0.25, -0.2) is 9.13 Å². The van der Waals surface area contributed by atoms with Gasteiger partial charge in [-0.05, 0) is 25.0 Å². The highest BCUT2D eigenvalue weighted by atomic mass is 79.9. The zero-order chi connectivity index (χ0) is 29.4. The summed E-state index contributed by atoms with van der Waals surface area (Å²) in [5, 5.41) is 20.4. The third-order valence-corrected chi connectivity index (χ3v) is 7.96. The SMILES string of the molecule is CCCCCCCCCC[n+]1cccc(OCC(CO)(CO)COc2ccc[n+](CCCCCCCCCC)c2)c1.[Br-].[Br-]. The van der Waals surface area contributed by atoms with Gasteiger partial charge in [-0.15, -0.1) is 0 Å². The molecule has 0 amide bonds. The first-order valence-electron chi connectivity index (χ1n) is 16.6. The molecule has 0 fully saturated rings. The molecule has 0 bridgehead atoms. The Labute approximate surface area is 283 Å². The lowest BCUT2D eigenvalue weighted by atomic mass is 9.92. The highest BCUT2D eigenvalue weighted by molar-refractivity contribution is 5.14. The summed E-state index contributed by atoms with van der Waals surface area (Å²) in [7, 11) is 0. The Bertz CT molecular complexity index is 845. The number of rotatable bonds is 26. The Morgan fingerprint density at radius 2 is 0.907 bits per heavy atom. The number of hydrogen-bond acceptors (Lipinski definition) is 4. The van der Waals surface area contributed by atoms with Crippen molar-refractivity contribution in [1.29, 1.82) is 0 Å². The average Bonchev–Trinajstić information content (AvgIpc) is 3.01. The fraction of sp³-hybridized carbons (Fsp3) is 0.714. The molecule has 0 aliphatic heterocycles. The van der Waals surface area contributed by atoms with Crippen molar-refractivity contribution in [1.82, 2.24) is 0 Å². The molecule has 2 rings (SSSR count). The highest BCUT2D eigenvalue weighted by Gasteiger charge is 2.32. The average molecular weight is 733 g/mol. The number of pyridine rings is 2. The van der Waals surface area contributed by atoms with Gasteiger partial charge < -0.3 is 53.6 Å². The molecule has 2 aromatic rings. The van der Waals surface area contributed by atoms with E-state index in [0.29, 0.717) is 0 Å². The normalized spacial score (nSPS) is 11.1. The van der Waals surface area contributed by atoms with Gasteiger partial charge in [0.25, 0.3) is 0 Å². The minimum absolute atomic E-state index is 0. The maximum Gasteiger partial charge on any atom is 0.211 e. The molecule has 6 nitrogen and oxygen atoms in total. The van der Waals surface area contributed by atoms with Crippen LogP contribution in [0.15, 0.2) is 49.1 Å². The minimum atomic E-state index is -0.892. The first kappa shape index (κ1) is 41.8. The van der Waals surface area contributed by atoms with E-state index in [4.69, 9.17) is 9.47 Å². The minimum Gasteiger partial charge on any atom is -1.00 e. The molecule has 0 atom stereocenters. The van der Waals surface area contributed by atoms with Crippen molar-refractivity contribution in [3.8, 4) is 11.5 Å². The van der Waals surface area contributed by atoms with Gasteiger partial charge in [0.15, 0.2) is 23.9 Å². The van der Waals surface area contributed by atoms with Crippen molar-refractivity contribution >= 4 is 0 Å². The first-order chi connectivity index (χ1) is 20.1. The van der Waals surface area contributed by atoms with Crippen LogP contribution in [0.3, 0.4) is 0 Å². The van der Waals surface area contributed by atoms with Crippen molar-refractivity contribution in [2.24, 2.45) is 5.41 Å². The second kappa shape index (κ2) is 27.1. The monoisotopic (exact) mass is 730 g/mol. The van der Waals surface area contributed by atoms with E-state index in [-0.39, 0.29) is 60.4 Å². The molecule has 2 heterocycles. The molecule has 2 N–H and O–H groups in total. The molecule has 0 aliphatic rings. The predicted octanol–water partition coefficient (Wildman–Crippen LogP) is 0.980. The van der Waals surface area contributed by atoms with Crippen LogP contribution in [0, 0.1) is 5.41 Å². The van der Waals surface area contributed by atoms with Crippen LogP contribution in [0.2, 0.25) is 0 Å². The van der Waals surface area contributed by atoms with Crippen LogP contribution in [0.4, 0.5) is 0 Å². The number of aryl methyl sites for hydroxylation is 2. The summed E-state index contributed by atoms with van der Waals surface area (Å²) in [6, 6.07) is 7.84. The second-order valence-electron chi connectivity index (χ2n) is 11.9. The molecule has 0 saturated carbocycles. The van der Waals surface area contributed by atoms with E-state index >= 15 is 0 Å². The van der Waals surface area contributed by atoms with Crippen LogP contribution in [0.25, 0.3) is 0 Å². The van der Waals surface area contributed by atoms with Gasteiger partial charge in [0.1, 0.15) is 26.3 Å². The lowest BCUT2D eigenvalue weighted by Gasteiger charge is -2.29.